The van der Waals surface area contributed by atoms with E-state index in [4.69, 9.17) is 17.3 Å². The van der Waals surface area contributed by atoms with Gasteiger partial charge in [-0.05, 0) is 36.0 Å². The largest absolute Gasteiger partial charge is 0.397 e. The van der Waals surface area contributed by atoms with Crippen LogP contribution >= 0.6 is 11.6 Å². The molecule has 2 nitrogen and oxygen atoms in total. The maximum absolute atomic E-state index is 6.03. The van der Waals surface area contributed by atoms with Crippen molar-refractivity contribution in [2.24, 2.45) is 11.3 Å². The van der Waals surface area contributed by atoms with Gasteiger partial charge in [0.1, 0.15) is 0 Å². The van der Waals surface area contributed by atoms with E-state index < -0.39 is 0 Å². The third-order valence-electron chi connectivity index (χ3n) is 3.74. The Kier molecular flexibility index (Phi) is 3.26. The van der Waals surface area contributed by atoms with Gasteiger partial charge in [0.05, 0.1) is 11.4 Å². The van der Waals surface area contributed by atoms with E-state index in [9.17, 15) is 0 Å². The van der Waals surface area contributed by atoms with Crippen molar-refractivity contribution in [3.05, 3.63) is 23.2 Å². The molecular weight excluding hydrogens is 232 g/mol. The highest BCUT2D eigenvalue weighted by atomic mass is 35.5. The van der Waals surface area contributed by atoms with Crippen LogP contribution in [0.1, 0.15) is 27.2 Å². The van der Waals surface area contributed by atoms with Gasteiger partial charge in [-0.15, -0.1) is 0 Å². The molecule has 2 rings (SSSR count). The van der Waals surface area contributed by atoms with E-state index in [0.29, 0.717) is 10.4 Å². The van der Waals surface area contributed by atoms with Gasteiger partial charge in [0.25, 0.3) is 0 Å². The van der Waals surface area contributed by atoms with E-state index in [1.807, 2.05) is 18.2 Å². The zero-order valence-corrected chi connectivity index (χ0v) is 11.6. The Morgan fingerprint density at radius 3 is 2.59 bits per heavy atom. The molecule has 1 fully saturated rings. The van der Waals surface area contributed by atoms with Gasteiger partial charge in [-0.2, -0.15) is 0 Å². The topological polar surface area (TPSA) is 29.3 Å². The van der Waals surface area contributed by atoms with Crippen LogP contribution in [-0.2, 0) is 0 Å². The van der Waals surface area contributed by atoms with Crippen LogP contribution in [0.4, 0.5) is 11.4 Å². The van der Waals surface area contributed by atoms with Crippen molar-refractivity contribution in [3.63, 3.8) is 0 Å². The maximum atomic E-state index is 6.03. The molecule has 1 heterocycles. The van der Waals surface area contributed by atoms with Crippen LogP contribution in [0.2, 0.25) is 5.02 Å². The van der Waals surface area contributed by atoms with Gasteiger partial charge in [-0.25, -0.2) is 0 Å². The minimum atomic E-state index is 0.371. The second kappa shape index (κ2) is 4.41. The summed E-state index contributed by atoms with van der Waals surface area (Å²) in [5, 5.41) is 0.706. The normalized spacial score (nSPS) is 20.9. The first kappa shape index (κ1) is 12.6. The van der Waals surface area contributed by atoms with Gasteiger partial charge < -0.3 is 10.6 Å². The summed E-state index contributed by atoms with van der Waals surface area (Å²) in [7, 11) is 0. The third-order valence-corrected chi connectivity index (χ3v) is 3.98. The van der Waals surface area contributed by atoms with Crippen LogP contribution in [0.15, 0.2) is 18.2 Å². The fourth-order valence-electron chi connectivity index (χ4n) is 2.50. The molecule has 17 heavy (non-hydrogen) atoms. The molecule has 0 aliphatic carbocycles. The highest BCUT2D eigenvalue weighted by Gasteiger charge is 2.32. The lowest BCUT2D eigenvalue weighted by molar-refractivity contribution is 0.263. The summed E-state index contributed by atoms with van der Waals surface area (Å²) in [6.45, 7) is 9.12. The van der Waals surface area contributed by atoms with Crippen molar-refractivity contribution in [1.29, 1.82) is 0 Å². The number of benzene rings is 1. The van der Waals surface area contributed by atoms with Crippen LogP contribution in [0.3, 0.4) is 0 Å². The standard InChI is InChI=1S/C14H21ClN2/c1-14(2,3)10-6-7-17(9-10)13-5-4-11(15)8-12(13)16/h4-5,8,10H,6-7,9,16H2,1-3H3. The van der Waals surface area contributed by atoms with Crippen molar-refractivity contribution in [3.8, 4) is 0 Å². The molecule has 1 atom stereocenters. The number of nitrogens with zero attached hydrogens (tertiary/aromatic N) is 1. The Labute approximate surface area is 109 Å². The number of rotatable bonds is 1. The first-order valence-electron chi connectivity index (χ1n) is 6.18. The molecule has 1 aromatic rings. The fourth-order valence-corrected chi connectivity index (χ4v) is 2.68. The first-order valence-corrected chi connectivity index (χ1v) is 6.55. The molecule has 1 aliphatic heterocycles. The van der Waals surface area contributed by atoms with Crippen LogP contribution in [-0.4, -0.2) is 13.1 Å². The van der Waals surface area contributed by atoms with Crippen LogP contribution in [0.5, 0.6) is 0 Å². The molecule has 0 spiro atoms. The zero-order valence-electron chi connectivity index (χ0n) is 10.8. The minimum Gasteiger partial charge on any atom is -0.397 e. The van der Waals surface area contributed by atoms with Gasteiger partial charge >= 0.3 is 0 Å². The van der Waals surface area contributed by atoms with E-state index >= 15 is 0 Å². The molecule has 0 amide bonds. The summed E-state index contributed by atoms with van der Waals surface area (Å²) in [6, 6.07) is 5.78. The highest BCUT2D eigenvalue weighted by molar-refractivity contribution is 6.31. The van der Waals surface area contributed by atoms with Gasteiger partial charge in [0.2, 0.25) is 0 Å². The summed E-state index contributed by atoms with van der Waals surface area (Å²) >= 11 is 5.93. The average Bonchev–Trinajstić information content (AvgIpc) is 2.65. The summed E-state index contributed by atoms with van der Waals surface area (Å²) in [6.07, 6.45) is 1.24. The van der Waals surface area contributed by atoms with Gasteiger partial charge in [0, 0.05) is 18.1 Å². The number of hydrogen-bond donors (Lipinski definition) is 1. The second-order valence-electron chi connectivity index (χ2n) is 6.00. The molecule has 0 radical (unpaired) electrons. The lowest BCUT2D eigenvalue weighted by atomic mass is 9.80. The van der Waals surface area contributed by atoms with E-state index in [-0.39, 0.29) is 0 Å². The predicted molar refractivity (Wildman–Crippen MR) is 75.6 cm³/mol. The molecule has 1 saturated heterocycles. The smallest absolute Gasteiger partial charge is 0.0601 e. The van der Waals surface area contributed by atoms with Crippen LogP contribution < -0.4 is 10.6 Å². The van der Waals surface area contributed by atoms with E-state index in [1.165, 1.54) is 6.42 Å². The Morgan fingerprint density at radius 1 is 1.35 bits per heavy atom. The number of halogens is 1. The Hall–Kier alpha value is -0.890. The molecule has 1 unspecified atom stereocenters. The molecule has 0 aromatic heterocycles. The van der Waals surface area contributed by atoms with Crippen molar-refractivity contribution in [1.82, 2.24) is 0 Å². The Morgan fingerprint density at radius 2 is 2.06 bits per heavy atom. The Balaban J connectivity index is 2.15. The van der Waals surface area contributed by atoms with Crippen molar-refractivity contribution in [2.75, 3.05) is 23.7 Å². The molecule has 2 N–H and O–H groups in total. The summed E-state index contributed by atoms with van der Waals surface area (Å²) in [5.74, 6) is 0.734. The van der Waals surface area contributed by atoms with E-state index in [0.717, 1.165) is 30.4 Å². The maximum Gasteiger partial charge on any atom is 0.0601 e. The number of anilines is 2. The monoisotopic (exact) mass is 252 g/mol. The number of hydrogen-bond acceptors (Lipinski definition) is 2. The van der Waals surface area contributed by atoms with Gasteiger partial charge in [0.15, 0.2) is 0 Å². The quantitative estimate of drug-likeness (QED) is 0.771. The first-order chi connectivity index (χ1) is 7.88. The highest BCUT2D eigenvalue weighted by Crippen LogP contribution is 2.37. The summed E-state index contributed by atoms with van der Waals surface area (Å²) < 4.78 is 0. The van der Waals surface area contributed by atoms with Crippen molar-refractivity contribution < 1.29 is 0 Å². The summed E-state index contributed by atoms with van der Waals surface area (Å²) in [4.78, 5) is 2.38. The van der Waals surface area contributed by atoms with Crippen LogP contribution in [0, 0.1) is 11.3 Å². The number of nitrogen functional groups attached to an aromatic ring is 1. The lowest BCUT2D eigenvalue weighted by Gasteiger charge is -2.28. The second-order valence-corrected chi connectivity index (χ2v) is 6.44. The lowest BCUT2D eigenvalue weighted by Crippen LogP contribution is -2.26. The van der Waals surface area contributed by atoms with Gasteiger partial charge in [-0.3, -0.25) is 0 Å². The van der Waals surface area contributed by atoms with E-state index in [1.54, 1.807) is 0 Å². The van der Waals surface area contributed by atoms with Crippen molar-refractivity contribution in [2.45, 2.75) is 27.2 Å². The summed E-state index contributed by atoms with van der Waals surface area (Å²) in [5.41, 5.74) is 8.31. The molecular formula is C14H21ClN2. The Bertz CT molecular complexity index is 409. The molecule has 0 saturated carbocycles. The average molecular weight is 253 g/mol. The third kappa shape index (κ3) is 2.68. The number of nitrogens with two attached hydrogens (primary N) is 1. The van der Waals surface area contributed by atoms with E-state index in [2.05, 4.69) is 25.7 Å². The minimum absolute atomic E-state index is 0.371. The molecule has 1 aliphatic rings. The SMILES string of the molecule is CC(C)(C)C1CCN(c2ccc(Cl)cc2N)C1. The zero-order chi connectivity index (χ0) is 12.6. The molecule has 0 bridgehead atoms. The van der Waals surface area contributed by atoms with Crippen LogP contribution in [0.25, 0.3) is 0 Å². The fraction of sp³-hybridized carbons (Fsp3) is 0.571. The molecule has 1 aromatic carbocycles. The molecule has 3 heteroatoms. The molecule has 94 valence electrons. The van der Waals surface area contributed by atoms with Gasteiger partial charge in [-0.1, -0.05) is 32.4 Å². The predicted octanol–water partition coefficient (Wildman–Crippen LogP) is 3.79. The van der Waals surface area contributed by atoms with Crippen molar-refractivity contribution >= 4 is 23.0 Å².